The van der Waals surface area contributed by atoms with Gasteiger partial charge in [-0.05, 0) is 56.3 Å². The summed E-state index contributed by atoms with van der Waals surface area (Å²) in [6, 6.07) is 15.8. The van der Waals surface area contributed by atoms with Crippen molar-refractivity contribution in [3.63, 3.8) is 0 Å². The number of hydrogen-bond acceptors (Lipinski definition) is 4. The minimum absolute atomic E-state index is 0.0411. The second kappa shape index (κ2) is 8.89. The number of nitrogens with zero attached hydrogens (tertiary/aromatic N) is 2. The number of para-hydroxylation sites is 1. The number of carbonyl (C=O) groups is 1. The van der Waals surface area contributed by atoms with Crippen molar-refractivity contribution in [3.05, 3.63) is 60.4 Å². The van der Waals surface area contributed by atoms with Crippen LogP contribution in [0, 0.1) is 0 Å². The molecule has 0 unspecified atom stereocenters. The Kier molecular flexibility index (Phi) is 5.87. The van der Waals surface area contributed by atoms with Gasteiger partial charge in [-0.25, -0.2) is 4.98 Å². The van der Waals surface area contributed by atoms with Gasteiger partial charge in [-0.1, -0.05) is 18.2 Å². The van der Waals surface area contributed by atoms with Gasteiger partial charge in [0, 0.05) is 23.4 Å². The van der Waals surface area contributed by atoms with E-state index in [-0.39, 0.29) is 12.5 Å². The van der Waals surface area contributed by atoms with Crippen LogP contribution in [0.5, 0.6) is 5.75 Å². The molecule has 0 aromatic heterocycles. The molecule has 6 nitrogen and oxygen atoms in total. The fourth-order valence-electron chi connectivity index (χ4n) is 3.66. The van der Waals surface area contributed by atoms with E-state index >= 15 is 0 Å². The first kappa shape index (κ1) is 18.5. The highest BCUT2D eigenvalue weighted by molar-refractivity contribution is 5.76. The Morgan fingerprint density at radius 3 is 2.82 bits per heavy atom. The number of benzene rings is 1. The van der Waals surface area contributed by atoms with E-state index < -0.39 is 0 Å². The summed E-state index contributed by atoms with van der Waals surface area (Å²) in [7, 11) is 0. The smallest absolute Gasteiger partial charge is 0.240 e. The third-order valence-electron chi connectivity index (χ3n) is 5.12. The number of fused-ring (bicyclic) bond motifs is 1. The van der Waals surface area contributed by atoms with E-state index in [0.29, 0.717) is 19.1 Å². The van der Waals surface area contributed by atoms with Crippen molar-refractivity contribution >= 4 is 5.91 Å². The van der Waals surface area contributed by atoms with Crippen LogP contribution in [0.3, 0.4) is 0 Å². The summed E-state index contributed by atoms with van der Waals surface area (Å²) in [6.07, 6.45) is 4.15. The predicted octanol–water partition coefficient (Wildman–Crippen LogP) is 2.65. The van der Waals surface area contributed by atoms with Crippen LogP contribution in [-0.2, 0) is 11.3 Å². The van der Waals surface area contributed by atoms with Gasteiger partial charge in [0.15, 0.2) is 0 Å². The van der Waals surface area contributed by atoms with Crippen LogP contribution in [0.15, 0.2) is 54.7 Å². The number of hydrogen-bond donors (Lipinski definition) is 2. The zero-order valence-electron chi connectivity index (χ0n) is 15.9. The molecule has 1 amide bonds. The minimum Gasteiger partial charge on any atom is -0.492 e. The fourth-order valence-corrected chi connectivity index (χ4v) is 3.66. The van der Waals surface area contributed by atoms with Gasteiger partial charge in [0.05, 0.1) is 6.54 Å². The van der Waals surface area contributed by atoms with Crippen LogP contribution in [0.4, 0.5) is 0 Å². The van der Waals surface area contributed by atoms with Crippen molar-refractivity contribution in [1.82, 2.24) is 20.2 Å². The second-order valence-corrected chi connectivity index (χ2v) is 7.13. The molecule has 3 aliphatic rings. The zero-order chi connectivity index (χ0) is 19.2. The quantitative estimate of drug-likeness (QED) is 0.620. The van der Waals surface area contributed by atoms with Gasteiger partial charge < -0.3 is 19.9 Å². The molecule has 3 aliphatic heterocycles. The highest BCUT2D eigenvalue weighted by Gasteiger charge is 2.21. The largest absolute Gasteiger partial charge is 0.492 e. The van der Waals surface area contributed by atoms with E-state index in [0.717, 1.165) is 48.8 Å². The van der Waals surface area contributed by atoms with Crippen LogP contribution in [-0.4, -0.2) is 41.7 Å². The fraction of sp³-hybridized carbons (Fsp3) is 0.364. The number of piperidine rings is 1. The van der Waals surface area contributed by atoms with Gasteiger partial charge in [0.2, 0.25) is 5.91 Å². The maximum atomic E-state index is 12.4. The normalized spacial score (nSPS) is 14.9. The van der Waals surface area contributed by atoms with Gasteiger partial charge in [0.1, 0.15) is 24.7 Å². The Labute approximate surface area is 165 Å². The third kappa shape index (κ3) is 4.51. The van der Waals surface area contributed by atoms with E-state index in [4.69, 9.17) is 9.72 Å². The molecule has 1 aromatic rings. The van der Waals surface area contributed by atoms with Crippen LogP contribution < -0.4 is 15.4 Å². The average Bonchev–Trinajstić information content (AvgIpc) is 3.18. The number of rotatable bonds is 7. The molecule has 0 saturated carbocycles. The van der Waals surface area contributed by atoms with Gasteiger partial charge in [0.25, 0.3) is 0 Å². The molecule has 146 valence electrons. The maximum absolute atomic E-state index is 12.4. The van der Waals surface area contributed by atoms with E-state index in [1.165, 1.54) is 0 Å². The average molecular weight is 378 g/mol. The van der Waals surface area contributed by atoms with Crippen LogP contribution in [0.1, 0.15) is 24.5 Å². The molecule has 1 aromatic carbocycles. The number of amides is 1. The molecule has 1 saturated heterocycles. The number of ether oxygens (including phenoxy) is 1. The first-order chi connectivity index (χ1) is 13.8. The van der Waals surface area contributed by atoms with Crippen molar-refractivity contribution < 1.29 is 9.53 Å². The van der Waals surface area contributed by atoms with E-state index in [1.54, 1.807) is 0 Å². The second-order valence-electron chi connectivity index (χ2n) is 7.13. The Balaban J connectivity index is 1.33. The molecule has 0 atom stereocenters. The Hall–Kier alpha value is -2.86. The van der Waals surface area contributed by atoms with Gasteiger partial charge in [-0.3, -0.25) is 4.79 Å². The van der Waals surface area contributed by atoms with Gasteiger partial charge >= 0.3 is 0 Å². The Morgan fingerprint density at radius 1 is 1.18 bits per heavy atom. The topological polar surface area (TPSA) is 68.2 Å². The molecule has 4 rings (SSSR count). The Morgan fingerprint density at radius 2 is 2.00 bits per heavy atom. The van der Waals surface area contributed by atoms with Crippen molar-refractivity contribution in [2.45, 2.75) is 25.3 Å². The van der Waals surface area contributed by atoms with Gasteiger partial charge in [-0.2, -0.15) is 0 Å². The lowest BCUT2D eigenvalue weighted by Crippen LogP contribution is -2.31. The molecule has 3 heterocycles. The van der Waals surface area contributed by atoms with Crippen LogP contribution in [0.25, 0.3) is 11.4 Å². The summed E-state index contributed by atoms with van der Waals surface area (Å²) in [5.74, 6) is 2.15. The Bertz CT molecular complexity index is 871. The molecular weight excluding hydrogens is 352 g/mol. The first-order valence-corrected chi connectivity index (χ1v) is 9.90. The van der Waals surface area contributed by atoms with Crippen molar-refractivity contribution in [2.75, 3.05) is 26.2 Å². The third-order valence-corrected chi connectivity index (χ3v) is 5.12. The molecule has 1 fully saturated rings. The highest BCUT2D eigenvalue weighted by Crippen LogP contribution is 2.30. The number of nitrogens with one attached hydrogen (secondary N) is 2. The lowest BCUT2D eigenvalue weighted by molar-refractivity contribution is -0.121. The van der Waals surface area contributed by atoms with E-state index in [9.17, 15) is 4.79 Å². The van der Waals surface area contributed by atoms with Crippen molar-refractivity contribution in [2.24, 2.45) is 0 Å². The van der Waals surface area contributed by atoms with Crippen LogP contribution >= 0.6 is 0 Å². The molecule has 0 aliphatic carbocycles. The molecule has 6 heteroatoms. The summed E-state index contributed by atoms with van der Waals surface area (Å²) < 4.78 is 7.53. The minimum atomic E-state index is -0.0411. The summed E-state index contributed by atoms with van der Waals surface area (Å²) in [5.41, 5.74) is 2.24. The molecule has 28 heavy (non-hydrogen) atoms. The summed E-state index contributed by atoms with van der Waals surface area (Å²) in [5, 5.41) is 6.31. The van der Waals surface area contributed by atoms with Crippen molar-refractivity contribution in [1.29, 1.82) is 0 Å². The summed E-state index contributed by atoms with van der Waals surface area (Å²) in [4.78, 5) is 17.2. The lowest BCUT2D eigenvalue weighted by Gasteiger charge is -2.20. The van der Waals surface area contributed by atoms with E-state index in [2.05, 4.69) is 22.8 Å². The van der Waals surface area contributed by atoms with Crippen LogP contribution in [0.2, 0.25) is 0 Å². The summed E-state index contributed by atoms with van der Waals surface area (Å²) in [6.45, 7) is 3.26. The molecule has 0 bridgehead atoms. The molecular formula is C22H26N4O2. The first-order valence-electron chi connectivity index (χ1n) is 9.90. The lowest BCUT2D eigenvalue weighted by atomic mass is 9.95. The molecule has 0 radical (unpaired) electrons. The molecule has 2 N–H and O–H groups in total. The van der Waals surface area contributed by atoms with E-state index in [1.807, 2.05) is 47.2 Å². The van der Waals surface area contributed by atoms with Crippen molar-refractivity contribution in [3.8, 4) is 17.1 Å². The maximum Gasteiger partial charge on any atom is 0.240 e. The monoisotopic (exact) mass is 378 g/mol. The number of pyridine rings is 1. The highest BCUT2D eigenvalue weighted by atomic mass is 16.5. The SMILES string of the molecule is O=C(Cn1cccc2cc(C3CCNCC3)nc1-2)NCCOc1ccccc1. The van der Waals surface area contributed by atoms with Gasteiger partial charge in [-0.15, -0.1) is 0 Å². The predicted molar refractivity (Wildman–Crippen MR) is 109 cm³/mol. The summed E-state index contributed by atoms with van der Waals surface area (Å²) >= 11 is 0. The number of carbonyl (C=O) groups excluding carboxylic acids is 1. The number of aromatic nitrogens is 2. The zero-order valence-corrected chi connectivity index (χ0v) is 15.9. The standard InChI is InChI=1S/C22H26N4O2/c27-21(24-12-14-28-19-6-2-1-3-7-19)16-26-13-4-5-18-15-20(25-22(18)26)17-8-10-23-11-9-17/h1-7,13,15,17,23H,8-12,14,16H2,(H,24,27). The molecule has 0 spiro atoms.